The summed E-state index contributed by atoms with van der Waals surface area (Å²) in [7, 11) is 0. The lowest BCUT2D eigenvalue weighted by Crippen LogP contribution is -2.58. The van der Waals surface area contributed by atoms with Gasteiger partial charge in [0.05, 0.1) is 31.2 Å². The number of rotatable bonds is 6. The number of fused-ring (bicyclic) bond motifs is 2. The number of amides is 3. The maximum absolute atomic E-state index is 14.5. The van der Waals surface area contributed by atoms with Gasteiger partial charge in [-0.2, -0.15) is 0 Å². The summed E-state index contributed by atoms with van der Waals surface area (Å²) in [4.78, 5) is 58.1. The number of aliphatic hydroxyl groups is 1. The fourth-order valence-electron chi connectivity index (χ4n) is 6.81. The van der Waals surface area contributed by atoms with Crippen LogP contribution in [-0.4, -0.2) is 88.2 Å². The molecule has 0 radical (unpaired) electrons. The Hall–Kier alpha value is -3.50. The quantitative estimate of drug-likeness (QED) is 0.390. The number of aliphatic hydroxyl groups excluding tert-OH is 1. The van der Waals surface area contributed by atoms with Crippen molar-refractivity contribution in [3.63, 3.8) is 0 Å². The van der Waals surface area contributed by atoms with E-state index in [1.54, 1.807) is 30.1 Å². The molecule has 42 heavy (non-hydrogen) atoms. The Morgan fingerprint density at radius 3 is 2.57 bits per heavy atom. The zero-order valence-corrected chi connectivity index (χ0v) is 24.5. The average molecular weight is 580 g/mol. The van der Waals surface area contributed by atoms with E-state index in [1.807, 2.05) is 50.3 Å². The van der Waals surface area contributed by atoms with Crippen molar-refractivity contribution in [3.05, 3.63) is 60.2 Å². The summed E-state index contributed by atoms with van der Waals surface area (Å²) >= 11 is 0. The molecule has 4 aliphatic rings. The average Bonchev–Trinajstić information content (AvgIpc) is 3.35. The van der Waals surface area contributed by atoms with Gasteiger partial charge in [0.25, 0.3) is 0 Å². The summed E-state index contributed by atoms with van der Waals surface area (Å²) in [6, 6.07) is 7.92. The summed E-state index contributed by atoms with van der Waals surface area (Å²) in [6.07, 6.45) is 6.85. The van der Waals surface area contributed by atoms with E-state index in [2.05, 4.69) is 5.32 Å². The fraction of sp³-hybridized carbons (Fsp3) is 0.562. The molecule has 0 saturated carbocycles. The molecule has 4 heterocycles. The van der Waals surface area contributed by atoms with Crippen LogP contribution < -0.4 is 5.32 Å². The van der Waals surface area contributed by atoms with Crippen LogP contribution in [0.1, 0.15) is 45.6 Å². The lowest BCUT2D eigenvalue weighted by atomic mass is 9.78. The molecule has 10 heteroatoms. The molecule has 226 valence electrons. The van der Waals surface area contributed by atoms with Gasteiger partial charge in [-0.05, 0) is 31.2 Å². The van der Waals surface area contributed by atoms with Crippen molar-refractivity contribution >= 4 is 23.7 Å². The molecule has 5 rings (SSSR count). The first-order chi connectivity index (χ1) is 20.2. The summed E-state index contributed by atoms with van der Waals surface area (Å²) in [5.74, 6) is -3.34. The number of ether oxygens (including phenoxy) is 2. The maximum atomic E-state index is 14.5. The third-order valence-corrected chi connectivity index (χ3v) is 8.62. The van der Waals surface area contributed by atoms with Crippen molar-refractivity contribution in [2.24, 2.45) is 17.8 Å². The topological polar surface area (TPSA) is 125 Å². The standard InChI is InChI=1S/C32H41N3O7/c1-20(2)16-23(19-36)35-28-30(39)34(18-22-10-5-4-6-11-22)15-9-14-32(28)27(29(35)38)26-24(42-32)12-7-8-13-25(37)33-17-21(3)41-31(26)40/h4-7,9-12,14,20-21,23-24,26-28,36H,8,13,15-19H2,1-3H3,(H,33,37)/b12-7-/t21-,23+,24-,26+,27+,28-,32+/m0/s1. The number of cyclic esters (lactones) is 1. The molecule has 3 amide bonds. The van der Waals surface area contributed by atoms with E-state index in [1.165, 1.54) is 4.90 Å². The number of nitrogens with zero attached hydrogens (tertiary/aromatic N) is 2. The van der Waals surface area contributed by atoms with Crippen molar-refractivity contribution < 1.29 is 33.8 Å². The fourth-order valence-corrected chi connectivity index (χ4v) is 6.81. The Morgan fingerprint density at radius 2 is 1.86 bits per heavy atom. The molecule has 1 spiro atoms. The van der Waals surface area contributed by atoms with Crippen molar-refractivity contribution in [1.82, 2.24) is 15.1 Å². The van der Waals surface area contributed by atoms with Crippen LogP contribution in [0.4, 0.5) is 0 Å². The molecule has 4 aliphatic heterocycles. The maximum Gasteiger partial charge on any atom is 0.313 e. The minimum absolute atomic E-state index is 0.141. The smallest absolute Gasteiger partial charge is 0.313 e. The van der Waals surface area contributed by atoms with Gasteiger partial charge < -0.3 is 29.7 Å². The second-order valence-corrected chi connectivity index (χ2v) is 12.2. The highest BCUT2D eigenvalue weighted by molar-refractivity contribution is 5.99. The van der Waals surface area contributed by atoms with Gasteiger partial charge in [0.15, 0.2) is 0 Å². The van der Waals surface area contributed by atoms with Crippen LogP contribution in [-0.2, 0) is 35.2 Å². The van der Waals surface area contributed by atoms with Crippen LogP contribution in [0.25, 0.3) is 0 Å². The molecule has 0 unspecified atom stereocenters. The van der Waals surface area contributed by atoms with Gasteiger partial charge in [-0.15, -0.1) is 0 Å². The summed E-state index contributed by atoms with van der Waals surface area (Å²) in [5.41, 5.74) is -0.485. The van der Waals surface area contributed by atoms with E-state index in [0.29, 0.717) is 25.9 Å². The highest BCUT2D eigenvalue weighted by Crippen LogP contribution is 2.54. The second-order valence-electron chi connectivity index (χ2n) is 12.2. The predicted octanol–water partition coefficient (Wildman–Crippen LogP) is 1.97. The van der Waals surface area contributed by atoms with Crippen molar-refractivity contribution in [2.75, 3.05) is 19.7 Å². The van der Waals surface area contributed by atoms with Crippen LogP contribution in [0.3, 0.4) is 0 Å². The molecular formula is C32H41N3O7. The van der Waals surface area contributed by atoms with Gasteiger partial charge in [0.2, 0.25) is 17.7 Å². The number of esters is 1. The molecule has 1 aromatic carbocycles. The van der Waals surface area contributed by atoms with Gasteiger partial charge in [0.1, 0.15) is 23.7 Å². The number of carbonyl (C=O) groups is 4. The third-order valence-electron chi connectivity index (χ3n) is 8.62. The Bertz CT molecular complexity index is 1250. The second kappa shape index (κ2) is 12.4. The number of carbonyl (C=O) groups excluding carboxylic acids is 4. The van der Waals surface area contributed by atoms with E-state index in [0.717, 1.165) is 5.56 Å². The predicted molar refractivity (Wildman–Crippen MR) is 153 cm³/mol. The molecule has 0 bridgehead atoms. The van der Waals surface area contributed by atoms with Crippen LogP contribution in [0.2, 0.25) is 0 Å². The molecular weight excluding hydrogens is 538 g/mol. The molecule has 2 fully saturated rings. The van der Waals surface area contributed by atoms with Crippen molar-refractivity contribution in [3.8, 4) is 0 Å². The largest absolute Gasteiger partial charge is 0.460 e. The lowest BCUT2D eigenvalue weighted by Gasteiger charge is -2.39. The first-order valence-electron chi connectivity index (χ1n) is 14.9. The van der Waals surface area contributed by atoms with Gasteiger partial charge >= 0.3 is 5.97 Å². The van der Waals surface area contributed by atoms with E-state index in [9.17, 15) is 24.3 Å². The normalized spacial score (nSPS) is 33.1. The van der Waals surface area contributed by atoms with Gasteiger partial charge in [-0.3, -0.25) is 19.2 Å². The van der Waals surface area contributed by atoms with E-state index < -0.39 is 53.6 Å². The molecule has 10 nitrogen and oxygen atoms in total. The van der Waals surface area contributed by atoms with Crippen LogP contribution in [0, 0.1) is 17.8 Å². The molecule has 2 saturated heterocycles. The SMILES string of the molecule is CC(C)C[C@H](CO)N1C(=O)[C@H]2[C@@H]3C(=O)O[C@@H](C)CNC(=O)CC/C=C\[C@@H]3O[C@]23C=CCN(Cc2ccccc2)C(=O)[C@H]13. The Kier molecular flexibility index (Phi) is 8.84. The highest BCUT2D eigenvalue weighted by atomic mass is 16.6. The third kappa shape index (κ3) is 5.62. The van der Waals surface area contributed by atoms with Crippen LogP contribution in [0.5, 0.6) is 0 Å². The van der Waals surface area contributed by atoms with Crippen molar-refractivity contribution in [1.29, 1.82) is 0 Å². The monoisotopic (exact) mass is 579 g/mol. The summed E-state index contributed by atoms with van der Waals surface area (Å²) in [5, 5.41) is 13.3. The summed E-state index contributed by atoms with van der Waals surface area (Å²) in [6.45, 7) is 6.15. The van der Waals surface area contributed by atoms with Crippen molar-refractivity contribution in [2.45, 2.75) is 76.5 Å². The van der Waals surface area contributed by atoms with Gasteiger partial charge in [0, 0.05) is 19.5 Å². The number of hydrogen-bond donors (Lipinski definition) is 2. The highest BCUT2D eigenvalue weighted by Gasteiger charge is 2.72. The number of likely N-dealkylation sites (tertiary alicyclic amines) is 1. The number of allylic oxidation sites excluding steroid dienone is 1. The molecule has 2 N–H and O–H groups in total. The lowest BCUT2D eigenvalue weighted by molar-refractivity contribution is -0.160. The molecule has 0 aromatic heterocycles. The van der Waals surface area contributed by atoms with E-state index in [4.69, 9.17) is 9.47 Å². The van der Waals surface area contributed by atoms with Crippen LogP contribution in [0.15, 0.2) is 54.6 Å². The first kappa shape index (κ1) is 30.0. The summed E-state index contributed by atoms with van der Waals surface area (Å²) < 4.78 is 12.5. The number of nitrogens with one attached hydrogen (secondary N) is 1. The van der Waals surface area contributed by atoms with Gasteiger partial charge in [-0.1, -0.05) is 68.5 Å². The minimum Gasteiger partial charge on any atom is -0.460 e. The Balaban J connectivity index is 1.59. The zero-order valence-electron chi connectivity index (χ0n) is 24.5. The van der Waals surface area contributed by atoms with Gasteiger partial charge in [-0.25, -0.2) is 0 Å². The molecule has 7 atom stereocenters. The molecule has 0 aliphatic carbocycles. The van der Waals surface area contributed by atoms with E-state index >= 15 is 0 Å². The zero-order chi connectivity index (χ0) is 30.0. The number of benzene rings is 1. The molecule has 1 aromatic rings. The Morgan fingerprint density at radius 1 is 1.10 bits per heavy atom. The van der Waals surface area contributed by atoms with Crippen LogP contribution >= 0.6 is 0 Å². The Labute approximate surface area is 246 Å². The first-order valence-corrected chi connectivity index (χ1v) is 14.9. The number of hydrogen-bond acceptors (Lipinski definition) is 7. The minimum atomic E-state index is -1.43. The van der Waals surface area contributed by atoms with E-state index in [-0.39, 0.29) is 37.3 Å².